The van der Waals surface area contributed by atoms with E-state index >= 15 is 0 Å². The molecule has 21 heavy (non-hydrogen) atoms. The normalized spacial score (nSPS) is 11.2. The van der Waals surface area contributed by atoms with Crippen LogP contribution in [-0.2, 0) is 10.0 Å². The number of rotatable bonds is 4. The fourth-order valence-corrected chi connectivity index (χ4v) is 3.38. The zero-order valence-electron chi connectivity index (χ0n) is 12.2. The lowest BCUT2D eigenvalue weighted by molar-refractivity contribution is 0.403. The molecule has 2 rings (SSSR count). The van der Waals surface area contributed by atoms with E-state index < -0.39 is 10.0 Å². The number of nitrogens with zero attached hydrogens (tertiary/aromatic N) is 1. The molecule has 0 atom stereocenters. The Morgan fingerprint density at radius 1 is 1.14 bits per heavy atom. The highest BCUT2D eigenvalue weighted by atomic mass is 32.2. The quantitative estimate of drug-likeness (QED) is 0.880. The van der Waals surface area contributed by atoms with Crippen LogP contribution in [0.2, 0.25) is 0 Å². The van der Waals surface area contributed by atoms with Gasteiger partial charge < -0.3 is 10.5 Å². The number of hydrogen-bond donors (Lipinski definition) is 1. The third kappa shape index (κ3) is 2.95. The van der Waals surface area contributed by atoms with Crippen LogP contribution in [0.3, 0.4) is 0 Å². The van der Waals surface area contributed by atoms with Crippen molar-refractivity contribution in [2.24, 2.45) is 0 Å². The second kappa shape index (κ2) is 5.65. The zero-order valence-corrected chi connectivity index (χ0v) is 13.0. The lowest BCUT2D eigenvalue weighted by atomic mass is 10.2. The van der Waals surface area contributed by atoms with Crippen molar-refractivity contribution in [3.05, 3.63) is 48.0 Å². The summed E-state index contributed by atoms with van der Waals surface area (Å²) in [6.45, 7) is 1.91. The van der Waals surface area contributed by atoms with Gasteiger partial charge in [-0.3, -0.25) is 4.31 Å². The number of ether oxygens (including phenoxy) is 1. The van der Waals surface area contributed by atoms with Gasteiger partial charge in [0.15, 0.2) is 0 Å². The summed E-state index contributed by atoms with van der Waals surface area (Å²) in [6, 6.07) is 11.8. The molecule has 0 aliphatic carbocycles. The van der Waals surface area contributed by atoms with Crippen LogP contribution in [-0.4, -0.2) is 22.6 Å². The first-order chi connectivity index (χ1) is 9.86. The molecular weight excluding hydrogens is 288 g/mol. The molecule has 0 aliphatic heterocycles. The standard InChI is InChI=1S/C15H18N2O3S/c1-11-5-4-6-13(9-11)17(2)21(18,19)15-10-12(16)7-8-14(15)20-3/h4-10H,16H2,1-3H3. The van der Waals surface area contributed by atoms with Gasteiger partial charge >= 0.3 is 0 Å². The number of nitrogens with two attached hydrogens (primary N) is 1. The van der Waals surface area contributed by atoms with Crippen molar-refractivity contribution < 1.29 is 13.2 Å². The van der Waals surface area contributed by atoms with E-state index in [4.69, 9.17) is 10.5 Å². The SMILES string of the molecule is COc1ccc(N)cc1S(=O)(=O)N(C)c1cccc(C)c1. The molecule has 2 N–H and O–H groups in total. The van der Waals surface area contributed by atoms with Gasteiger partial charge in [0, 0.05) is 12.7 Å². The number of aryl methyl sites for hydroxylation is 1. The molecule has 0 spiro atoms. The third-order valence-corrected chi connectivity index (χ3v) is 5.00. The lowest BCUT2D eigenvalue weighted by Crippen LogP contribution is -2.27. The number of methoxy groups -OCH3 is 1. The topological polar surface area (TPSA) is 72.6 Å². The average molecular weight is 306 g/mol. The Bertz CT molecular complexity index is 757. The monoisotopic (exact) mass is 306 g/mol. The number of sulfonamides is 1. The second-order valence-electron chi connectivity index (χ2n) is 4.72. The van der Waals surface area contributed by atoms with Crippen LogP contribution < -0.4 is 14.8 Å². The Labute approximate surface area is 125 Å². The van der Waals surface area contributed by atoms with Crippen LogP contribution in [0.15, 0.2) is 47.4 Å². The molecule has 6 heteroatoms. The van der Waals surface area contributed by atoms with Gasteiger partial charge in [0.2, 0.25) is 0 Å². The fourth-order valence-electron chi connectivity index (χ4n) is 2.01. The Hall–Kier alpha value is -2.21. The molecule has 112 valence electrons. The summed E-state index contributed by atoms with van der Waals surface area (Å²) in [5.74, 6) is 0.267. The molecule has 0 saturated carbocycles. The van der Waals surface area contributed by atoms with E-state index in [0.717, 1.165) is 5.56 Å². The number of nitrogen functional groups attached to an aromatic ring is 1. The molecule has 2 aromatic carbocycles. The van der Waals surface area contributed by atoms with Gasteiger partial charge in [0.1, 0.15) is 10.6 Å². The minimum atomic E-state index is -3.75. The van der Waals surface area contributed by atoms with Crippen molar-refractivity contribution in [1.29, 1.82) is 0 Å². The summed E-state index contributed by atoms with van der Waals surface area (Å²) in [6.07, 6.45) is 0. The molecule has 0 fully saturated rings. The molecule has 0 aromatic heterocycles. The number of anilines is 2. The minimum Gasteiger partial charge on any atom is -0.495 e. The highest BCUT2D eigenvalue weighted by molar-refractivity contribution is 7.93. The highest BCUT2D eigenvalue weighted by Gasteiger charge is 2.25. The first-order valence-electron chi connectivity index (χ1n) is 6.35. The summed E-state index contributed by atoms with van der Waals surface area (Å²) in [5, 5.41) is 0. The third-order valence-electron chi connectivity index (χ3n) is 3.19. The van der Waals surface area contributed by atoms with E-state index in [-0.39, 0.29) is 10.6 Å². The smallest absolute Gasteiger partial charge is 0.267 e. The van der Waals surface area contributed by atoms with E-state index in [9.17, 15) is 8.42 Å². The van der Waals surface area contributed by atoms with Crippen molar-refractivity contribution in [1.82, 2.24) is 0 Å². The maximum absolute atomic E-state index is 12.8. The summed E-state index contributed by atoms with van der Waals surface area (Å²) in [7, 11) is -0.811. The zero-order chi connectivity index (χ0) is 15.6. The van der Waals surface area contributed by atoms with E-state index in [1.807, 2.05) is 19.1 Å². The Morgan fingerprint density at radius 3 is 2.48 bits per heavy atom. The van der Waals surface area contributed by atoms with E-state index in [1.165, 1.54) is 24.5 Å². The van der Waals surface area contributed by atoms with Crippen LogP contribution in [0.4, 0.5) is 11.4 Å². The molecule has 0 unspecified atom stereocenters. The first kappa shape index (κ1) is 15.2. The van der Waals surface area contributed by atoms with Crippen molar-refractivity contribution >= 4 is 21.4 Å². The Morgan fingerprint density at radius 2 is 1.86 bits per heavy atom. The van der Waals surface area contributed by atoms with Gasteiger partial charge in [-0.2, -0.15) is 0 Å². The molecule has 0 heterocycles. The summed E-state index contributed by atoms with van der Waals surface area (Å²) < 4.78 is 31.9. The van der Waals surface area contributed by atoms with E-state index in [1.54, 1.807) is 24.3 Å². The van der Waals surface area contributed by atoms with Crippen molar-refractivity contribution in [2.75, 3.05) is 24.2 Å². The van der Waals surface area contributed by atoms with Gasteiger partial charge in [-0.05, 0) is 42.8 Å². The summed E-state index contributed by atoms with van der Waals surface area (Å²) in [4.78, 5) is 0.0500. The van der Waals surface area contributed by atoms with Gasteiger partial charge in [-0.15, -0.1) is 0 Å². The number of benzene rings is 2. The molecule has 0 aliphatic rings. The van der Waals surface area contributed by atoms with Crippen LogP contribution in [0, 0.1) is 6.92 Å². The van der Waals surface area contributed by atoms with Crippen molar-refractivity contribution in [3.8, 4) is 5.75 Å². The molecule has 0 amide bonds. The molecule has 0 saturated heterocycles. The van der Waals surface area contributed by atoms with Crippen LogP contribution in [0.25, 0.3) is 0 Å². The molecule has 5 nitrogen and oxygen atoms in total. The van der Waals surface area contributed by atoms with Gasteiger partial charge in [0.05, 0.1) is 12.8 Å². The molecule has 2 aromatic rings. The van der Waals surface area contributed by atoms with Crippen LogP contribution in [0.5, 0.6) is 5.75 Å². The van der Waals surface area contributed by atoms with E-state index in [2.05, 4.69) is 0 Å². The average Bonchev–Trinajstić information content (AvgIpc) is 2.46. The van der Waals surface area contributed by atoms with E-state index in [0.29, 0.717) is 11.4 Å². The molecule has 0 bridgehead atoms. The fraction of sp³-hybridized carbons (Fsp3) is 0.200. The predicted octanol–water partition coefficient (Wildman–Crippen LogP) is 2.41. The second-order valence-corrected chi connectivity index (χ2v) is 6.66. The highest BCUT2D eigenvalue weighted by Crippen LogP contribution is 2.30. The summed E-state index contributed by atoms with van der Waals surface area (Å²) in [5.41, 5.74) is 7.63. The Kier molecular flexibility index (Phi) is 4.09. The van der Waals surface area contributed by atoms with Crippen molar-refractivity contribution in [3.63, 3.8) is 0 Å². The molecular formula is C15H18N2O3S. The minimum absolute atomic E-state index is 0.0500. The predicted molar refractivity (Wildman–Crippen MR) is 84.2 cm³/mol. The van der Waals surface area contributed by atoms with Gasteiger partial charge in [0.25, 0.3) is 10.0 Å². The van der Waals surface area contributed by atoms with Crippen molar-refractivity contribution in [2.45, 2.75) is 11.8 Å². The van der Waals surface area contributed by atoms with Crippen LogP contribution >= 0.6 is 0 Å². The largest absolute Gasteiger partial charge is 0.495 e. The van der Waals surface area contributed by atoms with Crippen LogP contribution in [0.1, 0.15) is 5.56 Å². The molecule has 0 radical (unpaired) electrons. The number of hydrogen-bond acceptors (Lipinski definition) is 4. The maximum Gasteiger partial charge on any atom is 0.267 e. The maximum atomic E-state index is 12.8. The van der Waals surface area contributed by atoms with Gasteiger partial charge in [-0.25, -0.2) is 8.42 Å². The van der Waals surface area contributed by atoms with Gasteiger partial charge in [-0.1, -0.05) is 12.1 Å². The lowest BCUT2D eigenvalue weighted by Gasteiger charge is -2.21. The summed E-state index contributed by atoms with van der Waals surface area (Å²) >= 11 is 0. The Balaban J connectivity index is 2.54. The first-order valence-corrected chi connectivity index (χ1v) is 7.79.